The van der Waals surface area contributed by atoms with Crippen molar-refractivity contribution in [2.75, 3.05) is 19.9 Å². The fraction of sp³-hybridized carbons (Fsp3) is 0.417. The van der Waals surface area contributed by atoms with Crippen LogP contribution in [0.2, 0.25) is 0 Å². The number of rotatable bonds is 5. The first-order valence-electron chi connectivity index (χ1n) is 5.48. The van der Waals surface area contributed by atoms with Crippen LogP contribution in [0.3, 0.4) is 0 Å². The number of aliphatic hydroxyl groups is 1. The van der Waals surface area contributed by atoms with E-state index in [1.165, 1.54) is 0 Å². The second kappa shape index (κ2) is 5.53. The summed E-state index contributed by atoms with van der Waals surface area (Å²) in [4.78, 5) is 0. The Morgan fingerprint density at radius 1 is 1.41 bits per heavy atom. The molecular weight excluding hydrogens is 220 g/mol. The molecule has 2 N–H and O–H groups in total. The Kier molecular flexibility index (Phi) is 3.81. The molecular formula is C12H14N2O3. The Balaban J connectivity index is 2.07. The largest absolute Gasteiger partial charge is 0.454 e. The van der Waals surface area contributed by atoms with Gasteiger partial charge < -0.3 is 14.6 Å². The Labute approximate surface area is 99.6 Å². The minimum atomic E-state index is -0.393. The lowest BCUT2D eigenvalue weighted by atomic mass is 10.1. The van der Waals surface area contributed by atoms with Crippen molar-refractivity contribution < 1.29 is 14.6 Å². The Bertz CT molecular complexity index is 428. The van der Waals surface area contributed by atoms with Gasteiger partial charge in [-0.3, -0.25) is 5.32 Å². The van der Waals surface area contributed by atoms with E-state index in [1.54, 1.807) is 6.07 Å². The molecule has 0 fully saturated rings. The van der Waals surface area contributed by atoms with Gasteiger partial charge in [0.05, 0.1) is 6.07 Å². The van der Waals surface area contributed by atoms with E-state index in [-0.39, 0.29) is 13.4 Å². The van der Waals surface area contributed by atoms with E-state index in [0.29, 0.717) is 24.5 Å². The first kappa shape index (κ1) is 11.7. The van der Waals surface area contributed by atoms with Gasteiger partial charge in [-0.05, 0) is 30.7 Å². The number of hydrogen-bond donors (Lipinski definition) is 2. The molecule has 0 radical (unpaired) electrons. The number of nitriles is 1. The van der Waals surface area contributed by atoms with Crippen LogP contribution in [0, 0.1) is 11.3 Å². The normalized spacial score (nSPS) is 14.4. The van der Waals surface area contributed by atoms with Gasteiger partial charge in [0.25, 0.3) is 0 Å². The predicted molar refractivity (Wildman–Crippen MR) is 60.6 cm³/mol. The highest BCUT2D eigenvalue weighted by Crippen LogP contribution is 2.34. The summed E-state index contributed by atoms with van der Waals surface area (Å²) in [5.74, 6) is 1.38. The molecule has 90 valence electrons. The molecule has 0 spiro atoms. The van der Waals surface area contributed by atoms with Gasteiger partial charge in [-0.1, -0.05) is 6.07 Å². The lowest BCUT2D eigenvalue weighted by Crippen LogP contribution is -2.21. The molecule has 1 heterocycles. The number of benzene rings is 1. The molecule has 1 aromatic rings. The molecule has 1 aliphatic rings. The highest BCUT2D eigenvalue weighted by atomic mass is 16.7. The summed E-state index contributed by atoms with van der Waals surface area (Å²) in [5.41, 5.74) is 0.842. The SMILES string of the molecule is N#CC(NCCCO)c1ccc2c(c1)OCO2. The second-order valence-electron chi connectivity index (χ2n) is 3.71. The van der Waals surface area contributed by atoms with Crippen molar-refractivity contribution >= 4 is 0 Å². The van der Waals surface area contributed by atoms with Gasteiger partial charge in [0, 0.05) is 6.61 Å². The number of nitrogens with one attached hydrogen (secondary N) is 1. The van der Waals surface area contributed by atoms with Crippen molar-refractivity contribution in [3.63, 3.8) is 0 Å². The predicted octanol–water partition coefficient (Wildman–Crippen LogP) is 0.952. The average molecular weight is 234 g/mol. The van der Waals surface area contributed by atoms with Gasteiger partial charge in [-0.2, -0.15) is 5.26 Å². The Morgan fingerprint density at radius 2 is 2.24 bits per heavy atom. The fourth-order valence-corrected chi connectivity index (χ4v) is 1.66. The monoisotopic (exact) mass is 234 g/mol. The fourth-order valence-electron chi connectivity index (χ4n) is 1.66. The molecule has 0 saturated carbocycles. The van der Waals surface area contributed by atoms with Crippen LogP contribution >= 0.6 is 0 Å². The zero-order valence-corrected chi connectivity index (χ0v) is 9.35. The van der Waals surface area contributed by atoms with E-state index in [9.17, 15) is 0 Å². The lowest BCUT2D eigenvalue weighted by Gasteiger charge is -2.11. The third-order valence-corrected chi connectivity index (χ3v) is 2.54. The first-order valence-corrected chi connectivity index (χ1v) is 5.48. The zero-order chi connectivity index (χ0) is 12.1. The standard InChI is InChI=1S/C12H14N2O3/c13-7-10(14-4-1-5-15)9-2-3-11-12(6-9)17-8-16-11/h2-3,6,10,14-15H,1,4-5,8H2. The molecule has 17 heavy (non-hydrogen) atoms. The summed E-state index contributed by atoms with van der Waals surface area (Å²) in [7, 11) is 0. The van der Waals surface area contributed by atoms with E-state index in [0.717, 1.165) is 5.56 Å². The molecule has 2 rings (SSSR count). The van der Waals surface area contributed by atoms with Gasteiger partial charge in [0.15, 0.2) is 11.5 Å². The summed E-state index contributed by atoms with van der Waals surface area (Å²) < 4.78 is 10.5. The molecule has 5 heteroatoms. The van der Waals surface area contributed by atoms with E-state index >= 15 is 0 Å². The molecule has 0 aromatic heterocycles. The number of aliphatic hydroxyl groups excluding tert-OH is 1. The molecule has 0 aliphatic carbocycles. The third kappa shape index (κ3) is 2.67. The molecule has 1 atom stereocenters. The smallest absolute Gasteiger partial charge is 0.231 e. The minimum absolute atomic E-state index is 0.117. The summed E-state index contributed by atoms with van der Waals surface area (Å²) in [6, 6.07) is 7.24. The number of nitrogens with zero attached hydrogens (tertiary/aromatic N) is 1. The van der Waals surface area contributed by atoms with Gasteiger partial charge in [0.2, 0.25) is 6.79 Å². The summed E-state index contributed by atoms with van der Waals surface area (Å²) in [6.45, 7) is 0.948. The van der Waals surface area contributed by atoms with Gasteiger partial charge in [-0.25, -0.2) is 0 Å². The van der Waals surface area contributed by atoms with Crippen LogP contribution in [-0.4, -0.2) is 25.1 Å². The summed E-state index contributed by atoms with van der Waals surface area (Å²) >= 11 is 0. The molecule has 0 amide bonds. The maximum atomic E-state index is 9.08. The van der Waals surface area contributed by atoms with Crippen molar-refractivity contribution in [1.29, 1.82) is 5.26 Å². The van der Waals surface area contributed by atoms with E-state index in [4.69, 9.17) is 19.8 Å². The van der Waals surface area contributed by atoms with E-state index in [1.807, 2.05) is 12.1 Å². The van der Waals surface area contributed by atoms with Crippen molar-refractivity contribution in [2.45, 2.75) is 12.5 Å². The summed E-state index contributed by atoms with van der Waals surface area (Å²) in [5, 5.41) is 20.8. The second-order valence-corrected chi connectivity index (χ2v) is 3.71. The molecule has 1 aromatic carbocycles. The third-order valence-electron chi connectivity index (χ3n) is 2.54. The Hall–Kier alpha value is -1.77. The van der Waals surface area contributed by atoms with Gasteiger partial charge in [-0.15, -0.1) is 0 Å². The molecule has 0 bridgehead atoms. The van der Waals surface area contributed by atoms with Crippen molar-refractivity contribution in [3.8, 4) is 17.6 Å². The molecule has 5 nitrogen and oxygen atoms in total. The van der Waals surface area contributed by atoms with Crippen LogP contribution in [0.25, 0.3) is 0 Å². The maximum absolute atomic E-state index is 9.08. The first-order chi connectivity index (χ1) is 8.35. The minimum Gasteiger partial charge on any atom is -0.454 e. The quantitative estimate of drug-likeness (QED) is 0.742. The van der Waals surface area contributed by atoms with Crippen LogP contribution in [0.4, 0.5) is 0 Å². The lowest BCUT2D eigenvalue weighted by molar-refractivity contribution is 0.174. The van der Waals surface area contributed by atoms with E-state index < -0.39 is 6.04 Å². The van der Waals surface area contributed by atoms with Crippen molar-refractivity contribution in [3.05, 3.63) is 23.8 Å². The molecule has 0 saturated heterocycles. The van der Waals surface area contributed by atoms with Crippen molar-refractivity contribution in [2.24, 2.45) is 0 Å². The zero-order valence-electron chi connectivity index (χ0n) is 9.35. The number of ether oxygens (including phenoxy) is 2. The highest BCUT2D eigenvalue weighted by Gasteiger charge is 2.17. The van der Waals surface area contributed by atoms with Crippen LogP contribution < -0.4 is 14.8 Å². The van der Waals surface area contributed by atoms with Crippen LogP contribution in [-0.2, 0) is 0 Å². The average Bonchev–Trinajstić information content (AvgIpc) is 2.82. The molecule has 1 unspecified atom stereocenters. The summed E-state index contributed by atoms with van der Waals surface area (Å²) in [6.07, 6.45) is 0.628. The number of fused-ring (bicyclic) bond motifs is 1. The van der Waals surface area contributed by atoms with Crippen LogP contribution in [0.15, 0.2) is 18.2 Å². The van der Waals surface area contributed by atoms with E-state index in [2.05, 4.69) is 11.4 Å². The maximum Gasteiger partial charge on any atom is 0.231 e. The van der Waals surface area contributed by atoms with Crippen LogP contribution in [0.5, 0.6) is 11.5 Å². The number of hydrogen-bond acceptors (Lipinski definition) is 5. The molecule has 1 aliphatic heterocycles. The topological polar surface area (TPSA) is 74.5 Å². The Morgan fingerprint density at radius 3 is 3.00 bits per heavy atom. The highest BCUT2D eigenvalue weighted by molar-refractivity contribution is 5.46. The van der Waals surface area contributed by atoms with Gasteiger partial charge >= 0.3 is 0 Å². The van der Waals surface area contributed by atoms with Gasteiger partial charge in [0.1, 0.15) is 6.04 Å². The van der Waals surface area contributed by atoms with Crippen LogP contribution in [0.1, 0.15) is 18.0 Å². The van der Waals surface area contributed by atoms with Crippen molar-refractivity contribution in [1.82, 2.24) is 5.32 Å².